The zero-order chi connectivity index (χ0) is 15.0. The van der Waals surface area contributed by atoms with Crippen molar-refractivity contribution in [1.29, 1.82) is 0 Å². The zero-order valence-corrected chi connectivity index (χ0v) is 12.3. The molecule has 0 bridgehead atoms. The predicted molar refractivity (Wildman–Crippen MR) is 80.0 cm³/mol. The second-order valence-electron chi connectivity index (χ2n) is 5.78. The highest BCUT2D eigenvalue weighted by atomic mass is 19.3. The Bertz CT molecular complexity index is 649. The van der Waals surface area contributed by atoms with Crippen LogP contribution in [0.4, 0.5) is 14.6 Å². The summed E-state index contributed by atoms with van der Waals surface area (Å²) in [5.41, 5.74) is 2.84. The van der Waals surface area contributed by atoms with Gasteiger partial charge in [-0.1, -0.05) is 0 Å². The van der Waals surface area contributed by atoms with Crippen molar-refractivity contribution in [3.63, 3.8) is 0 Å². The predicted octanol–water partition coefficient (Wildman–Crippen LogP) is 3.73. The molecule has 0 N–H and O–H groups in total. The SMILES string of the molecule is Cc1cc(C)c2ccc(N3CCC(C(F)F)CC3)nc2n1. The van der Waals surface area contributed by atoms with Crippen molar-refractivity contribution in [1.82, 2.24) is 9.97 Å². The molecule has 3 nitrogen and oxygen atoms in total. The van der Waals surface area contributed by atoms with Gasteiger partial charge in [-0.25, -0.2) is 18.7 Å². The molecule has 1 saturated heterocycles. The number of hydrogen-bond acceptors (Lipinski definition) is 3. The molecule has 0 atom stereocenters. The molecule has 0 saturated carbocycles. The third kappa shape index (κ3) is 2.82. The Labute approximate surface area is 123 Å². The molecule has 0 spiro atoms. The Kier molecular flexibility index (Phi) is 3.74. The molecule has 3 heterocycles. The van der Waals surface area contributed by atoms with E-state index < -0.39 is 12.3 Å². The van der Waals surface area contributed by atoms with Crippen molar-refractivity contribution in [3.8, 4) is 0 Å². The highest BCUT2D eigenvalue weighted by Gasteiger charge is 2.26. The number of piperidine rings is 1. The van der Waals surface area contributed by atoms with Crippen LogP contribution >= 0.6 is 0 Å². The van der Waals surface area contributed by atoms with Crippen LogP contribution in [0.2, 0.25) is 0 Å². The first-order valence-electron chi connectivity index (χ1n) is 7.32. The van der Waals surface area contributed by atoms with E-state index in [0.29, 0.717) is 25.9 Å². The van der Waals surface area contributed by atoms with Gasteiger partial charge in [0.25, 0.3) is 0 Å². The normalized spacial score (nSPS) is 16.9. The molecule has 1 fully saturated rings. The van der Waals surface area contributed by atoms with Crippen molar-refractivity contribution < 1.29 is 8.78 Å². The topological polar surface area (TPSA) is 29.0 Å². The van der Waals surface area contributed by atoms with Crippen molar-refractivity contribution in [3.05, 3.63) is 29.5 Å². The van der Waals surface area contributed by atoms with Crippen molar-refractivity contribution in [2.75, 3.05) is 18.0 Å². The maximum Gasteiger partial charge on any atom is 0.241 e. The van der Waals surface area contributed by atoms with Gasteiger partial charge < -0.3 is 4.90 Å². The van der Waals surface area contributed by atoms with E-state index in [-0.39, 0.29) is 0 Å². The van der Waals surface area contributed by atoms with Gasteiger partial charge in [-0.3, -0.25) is 0 Å². The van der Waals surface area contributed by atoms with E-state index >= 15 is 0 Å². The van der Waals surface area contributed by atoms with Gasteiger partial charge in [0.15, 0.2) is 5.65 Å². The minimum absolute atomic E-state index is 0.468. The van der Waals surface area contributed by atoms with E-state index in [2.05, 4.69) is 14.9 Å². The second kappa shape index (κ2) is 5.54. The van der Waals surface area contributed by atoms with Crippen molar-refractivity contribution in [2.45, 2.75) is 33.1 Å². The number of nitrogens with zero attached hydrogens (tertiary/aromatic N) is 3. The summed E-state index contributed by atoms with van der Waals surface area (Å²) in [5.74, 6) is 0.372. The lowest BCUT2D eigenvalue weighted by Gasteiger charge is -2.32. The summed E-state index contributed by atoms with van der Waals surface area (Å²) in [5, 5.41) is 1.05. The van der Waals surface area contributed by atoms with E-state index in [1.807, 2.05) is 32.0 Å². The summed E-state index contributed by atoms with van der Waals surface area (Å²) < 4.78 is 25.4. The summed E-state index contributed by atoms with van der Waals surface area (Å²) in [7, 11) is 0. The molecule has 1 aliphatic heterocycles. The molecule has 0 radical (unpaired) electrons. The Balaban J connectivity index is 1.85. The van der Waals surface area contributed by atoms with Crippen LogP contribution in [0.5, 0.6) is 0 Å². The molecule has 0 aromatic carbocycles. The quantitative estimate of drug-likeness (QED) is 0.844. The molecule has 2 aromatic heterocycles. The summed E-state index contributed by atoms with van der Waals surface area (Å²) >= 11 is 0. The Hall–Kier alpha value is -1.78. The zero-order valence-electron chi connectivity index (χ0n) is 12.3. The van der Waals surface area contributed by atoms with Crippen LogP contribution in [-0.4, -0.2) is 29.5 Å². The van der Waals surface area contributed by atoms with Crippen LogP contribution < -0.4 is 4.90 Å². The number of aryl methyl sites for hydroxylation is 2. The summed E-state index contributed by atoms with van der Waals surface area (Å²) in [6.45, 7) is 5.28. The number of aromatic nitrogens is 2. The first-order chi connectivity index (χ1) is 10.0. The van der Waals surface area contributed by atoms with E-state index in [0.717, 1.165) is 28.1 Å². The summed E-state index contributed by atoms with van der Waals surface area (Å²) in [4.78, 5) is 11.2. The van der Waals surface area contributed by atoms with E-state index in [1.165, 1.54) is 0 Å². The number of hydrogen-bond donors (Lipinski definition) is 0. The van der Waals surface area contributed by atoms with Crippen molar-refractivity contribution >= 4 is 16.9 Å². The largest absolute Gasteiger partial charge is 0.357 e. The Morgan fingerprint density at radius 1 is 1.14 bits per heavy atom. The molecule has 3 rings (SSSR count). The highest BCUT2D eigenvalue weighted by Crippen LogP contribution is 2.27. The Morgan fingerprint density at radius 3 is 2.52 bits per heavy atom. The fraction of sp³-hybridized carbons (Fsp3) is 0.500. The second-order valence-corrected chi connectivity index (χ2v) is 5.78. The van der Waals surface area contributed by atoms with Crippen LogP contribution in [0.15, 0.2) is 18.2 Å². The molecule has 0 unspecified atom stereocenters. The van der Waals surface area contributed by atoms with Gasteiger partial charge in [0.2, 0.25) is 6.43 Å². The van der Waals surface area contributed by atoms with E-state index in [4.69, 9.17) is 0 Å². The van der Waals surface area contributed by atoms with E-state index in [9.17, 15) is 8.78 Å². The minimum atomic E-state index is -2.20. The molecular formula is C16H19F2N3. The van der Waals surface area contributed by atoms with Crippen LogP contribution in [0.1, 0.15) is 24.1 Å². The lowest BCUT2D eigenvalue weighted by molar-refractivity contribution is 0.0635. The third-order valence-electron chi connectivity index (χ3n) is 4.21. The summed E-state index contributed by atoms with van der Waals surface area (Å²) in [6, 6.07) is 6.03. The maximum absolute atomic E-state index is 12.7. The van der Waals surface area contributed by atoms with Gasteiger partial charge in [0.1, 0.15) is 5.82 Å². The van der Waals surface area contributed by atoms with Crippen LogP contribution in [-0.2, 0) is 0 Å². The highest BCUT2D eigenvalue weighted by molar-refractivity contribution is 5.80. The third-order valence-corrected chi connectivity index (χ3v) is 4.21. The standard InChI is InChI=1S/C16H19F2N3/c1-10-9-11(2)19-16-13(10)3-4-14(20-16)21-7-5-12(6-8-21)15(17)18/h3-4,9,12,15H,5-8H2,1-2H3. The number of pyridine rings is 2. The molecule has 21 heavy (non-hydrogen) atoms. The number of halogens is 2. The summed E-state index contributed by atoms with van der Waals surface area (Å²) in [6.07, 6.45) is -1.15. The maximum atomic E-state index is 12.7. The minimum Gasteiger partial charge on any atom is -0.357 e. The van der Waals surface area contributed by atoms with Crippen LogP contribution in [0.25, 0.3) is 11.0 Å². The molecular weight excluding hydrogens is 272 g/mol. The van der Waals surface area contributed by atoms with Gasteiger partial charge in [0.05, 0.1) is 0 Å². The molecule has 0 amide bonds. The number of fused-ring (bicyclic) bond motifs is 1. The molecule has 1 aliphatic rings. The monoisotopic (exact) mass is 291 g/mol. The van der Waals surface area contributed by atoms with Crippen LogP contribution in [0.3, 0.4) is 0 Å². The molecule has 2 aromatic rings. The lowest BCUT2D eigenvalue weighted by atomic mass is 9.97. The molecule has 5 heteroatoms. The van der Waals surface area contributed by atoms with Gasteiger partial charge in [0, 0.05) is 30.1 Å². The fourth-order valence-electron chi connectivity index (χ4n) is 2.98. The van der Waals surface area contributed by atoms with Gasteiger partial charge in [-0.15, -0.1) is 0 Å². The first-order valence-corrected chi connectivity index (χ1v) is 7.32. The number of rotatable bonds is 2. The molecule has 0 aliphatic carbocycles. The Morgan fingerprint density at radius 2 is 1.86 bits per heavy atom. The number of anilines is 1. The first kappa shape index (κ1) is 14.2. The van der Waals surface area contributed by atoms with Gasteiger partial charge >= 0.3 is 0 Å². The average Bonchev–Trinajstić information content (AvgIpc) is 2.46. The lowest BCUT2D eigenvalue weighted by Crippen LogP contribution is -2.36. The van der Waals surface area contributed by atoms with Crippen LogP contribution in [0, 0.1) is 19.8 Å². The van der Waals surface area contributed by atoms with Crippen molar-refractivity contribution in [2.24, 2.45) is 5.92 Å². The fourth-order valence-corrected chi connectivity index (χ4v) is 2.98. The van der Waals surface area contributed by atoms with Gasteiger partial charge in [-0.2, -0.15) is 0 Å². The van der Waals surface area contributed by atoms with E-state index in [1.54, 1.807) is 0 Å². The smallest absolute Gasteiger partial charge is 0.241 e. The van der Waals surface area contributed by atoms with Gasteiger partial charge in [-0.05, 0) is 50.5 Å². The average molecular weight is 291 g/mol. The number of alkyl halides is 2. The molecule has 112 valence electrons.